The van der Waals surface area contributed by atoms with Gasteiger partial charge < -0.3 is 4.42 Å². The molecule has 6 aromatic carbocycles. The Morgan fingerprint density at radius 3 is 2.17 bits per heavy atom. The van der Waals surface area contributed by atoms with Crippen molar-refractivity contribution in [1.82, 2.24) is 14.5 Å². The fourth-order valence-electron chi connectivity index (χ4n) is 6.48. The second-order valence-corrected chi connectivity index (χ2v) is 10.6. The van der Waals surface area contributed by atoms with E-state index < -0.39 is 0 Å². The van der Waals surface area contributed by atoms with Crippen molar-refractivity contribution in [3.63, 3.8) is 0 Å². The molecule has 41 heavy (non-hydrogen) atoms. The summed E-state index contributed by atoms with van der Waals surface area (Å²) in [6.45, 7) is 2.07. The van der Waals surface area contributed by atoms with Gasteiger partial charge in [0.05, 0.1) is 22.3 Å². The van der Waals surface area contributed by atoms with Gasteiger partial charge in [0.2, 0.25) is 0 Å². The first-order valence-electron chi connectivity index (χ1n) is 13.9. The van der Waals surface area contributed by atoms with Crippen LogP contribution in [0.1, 0.15) is 5.69 Å². The average molecular weight is 526 g/mol. The second kappa shape index (κ2) is 8.26. The lowest BCUT2D eigenvalue weighted by atomic mass is 9.99. The monoisotopic (exact) mass is 525 g/mol. The van der Waals surface area contributed by atoms with Gasteiger partial charge in [-0.1, -0.05) is 91.0 Å². The van der Waals surface area contributed by atoms with E-state index in [1.165, 1.54) is 16.2 Å². The van der Waals surface area contributed by atoms with Crippen LogP contribution < -0.4 is 0 Å². The molecule has 0 aliphatic heterocycles. The van der Waals surface area contributed by atoms with E-state index in [-0.39, 0.29) is 0 Å². The molecule has 0 unspecified atom stereocenters. The molecule has 0 atom stereocenters. The van der Waals surface area contributed by atoms with E-state index in [1.807, 2.05) is 12.1 Å². The highest BCUT2D eigenvalue weighted by atomic mass is 16.3. The second-order valence-electron chi connectivity index (χ2n) is 10.6. The van der Waals surface area contributed by atoms with Crippen molar-refractivity contribution in [3.05, 3.63) is 127 Å². The van der Waals surface area contributed by atoms with Gasteiger partial charge in [0.25, 0.3) is 0 Å². The van der Waals surface area contributed by atoms with Gasteiger partial charge in [-0.3, -0.25) is 9.55 Å². The molecule has 0 aliphatic rings. The van der Waals surface area contributed by atoms with Crippen LogP contribution in [0.3, 0.4) is 0 Å². The molecule has 0 saturated carbocycles. The molecule has 0 spiro atoms. The summed E-state index contributed by atoms with van der Waals surface area (Å²) in [5, 5.41) is 7.94. The van der Waals surface area contributed by atoms with Crippen molar-refractivity contribution in [2.24, 2.45) is 0 Å². The van der Waals surface area contributed by atoms with Crippen LogP contribution in [-0.2, 0) is 0 Å². The van der Waals surface area contributed by atoms with Crippen LogP contribution in [0.25, 0.3) is 82.5 Å². The molecule has 4 nitrogen and oxygen atoms in total. The molecule has 4 heteroatoms. The lowest BCUT2D eigenvalue weighted by Gasteiger charge is -2.11. The summed E-state index contributed by atoms with van der Waals surface area (Å²) in [6, 6.07) is 42.3. The number of para-hydroxylation sites is 3. The highest BCUT2D eigenvalue weighted by Gasteiger charge is 2.23. The molecule has 0 N–H and O–H groups in total. The molecular formula is C37H23N3O. The number of pyridine rings is 1. The van der Waals surface area contributed by atoms with Gasteiger partial charge in [0.15, 0.2) is 0 Å². The number of aryl methyl sites for hydroxylation is 1. The number of rotatable bonds is 2. The van der Waals surface area contributed by atoms with Crippen LogP contribution >= 0.6 is 0 Å². The van der Waals surface area contributed by atoms with Gasteiger partial charge in [-0.15, -0.1) is 0 Å². The Bertz CT molecular complexity index is 2490. The minimum absolute atomic E-state index is 0.838. The largest absolute Gasteiger partial charge is 0.455 e. The standard InChI is InChI=1S/C37H23N3O/c1-22-34-33(29-14-7-8-17-31(29)38-22)39-37(40(34)25-11-3-2-4-12-25)30-16-9-15-27-28-21-20-24-19-18-23-10-5-6-13-26(23)32(24)36(28)41-35(27)30/h2-21H,1H3. The molecule has 0 saturated heterocycles. The molecule has 3 heterocycles. The fourth-order valence-corrected chi connectivity index (χ4v) is 6.48. The van der Waals surface area contributed by atoms with Gasteiger partial charge in [-0.2, -0.15) is 0 Å². The SMILES string of the molecule is Cc1nc2ccccc2c2nc(-c3cccc4c3oc3c4ccc4ccc5ccccc5c43)n(-c3ccccc3)c12. The summed E-state index contributed by atoms with van der Waals surface area (Å²) in [5.74, 6) is 0.839. The Labute approximate surface area is 235 Å². The van der Waals surface area contributed by atoms with E-state index in [9.17, 15) is 0 Å². The quantitative estimate of drug-likeness (QED) is 0.211. The van der Waals surface area contributed by atoms with Crippen molar-refractivity contribution < 1.29 is 4.42 Å². The highest BCUT2D eigenvalue weighted by Crippen LogP contribution is 2.42. The minimum Gasteiger partial charge on any atom is -0.455 e. The normalized spacial score (nSPS) is 12.0. The zero-order valence-corrected chi connectivity index (χ0v) is 22.3. The molecule has 0 aliphatic carbocycles. The van der Waals surface area contributed by atoms with E-state index in [0.29, 0.717) is 0 Å². The zero-order chi connectivity index (χ0) is 27.1. The number of imidazole rings is 1. The summed E-state index contributed by atoms with van der Waals surface area (Å²) < 4.78 is 9.13. The Hall–Kier alpha value is -5.48. The number of fused-ring (bicyclic) bond motifs is 10. The third kappa shape index (κ3) is 3.10. The summed E-state index contributed by atoms with van der Waals surface area (Å²) >= 11 is 0. The number of hydrogen-bond acceptors (Lipinski definition) is 3. The summed E-state index contributed by atoms with van der Waals surface area (Å²) in [6.07, 6.45) is 0. The van der Waals surface area contributed by atoms with Crippen LogP contribution in [0.4, 0.5) is 0 Å². The third-order valence-corrected chi connectivity index (χ3v) is 8.29. The Kier molecular flexibility index (Phi) is 4.50. The average Bonchev–Trinajstić information content (AvgIpc) is 3.61. The van der Waals surface area contributed by atoms with Gasteiger partial charge in [-0.25, -0.2) is 4.98 Å². The first-order chi connectivity index (χ1) is 20.3. The van der Waals surface area contributed by atoms with Gasteiger partial charge >= 0.3 is 0 Å². The topological polar surface area (TPSA) is 43.9 Å². The molecule has 0 radical (unpaired) electrons. The molecule has 9 rings (SSSR count). The number of benzene rings is 6. The van der Waals surface area contributed by atoms with Gasteiger partial charge in [-0.05, 0) is 53.4 Å². The lowest BCUT2D eigenvalue weighted by Crippen LogP contribution is -1.99. The third-order valence-electron chi connectivity index (χ3n) is 8.29. The van der Waals surface area contributed by atoms with E-state index in [1.54, 1.807) is 0 Å². The van der Waals surface area contributed by atoms with Crippen molar-refractivity contribution in [1.29, 1.82) is 0 Å². The minimum atomic E-state index is 0.838. The molecule has 0 amide bonds. The van der Waals surface area contributed by atoms with Gasteiger partial charge in [0, 0.05) is 27.2 Å². The van der Waals surface area contributed by atoms with Crippen molar-refractivity contribution in [2.75, 3.05) is 0 Å². The maximum atomic E-state index is 6.90. The number of furan rings is 1. The Morgan fingerprint density at radius 1 is 0.561 bits per heavy atom. The van der Waals surface area contributed by atoms with Crippen molar-refractivity contribution in [2.45, 2.75) is 6.92 Å². The predicted octanol–water partition coefficient (Wildman–Crippen LogP) is 9.75. The first kappa shape index (κ1) is 22.3. The molecular weight excluding hydrogens is 502 g/mol. The van der Waals surface area contributed by atoms with E-state index >= 15 is 0 Å². The molecule has 3 aromatic heterocycles. The summed E-state index contributed by atoms with van der Waals surface area (Å²) in [5.41, 5.74) is 7.58. The van der Waals surface area contributed by atoms with E-state index in [2.05, 4.69) is 121 Å². The lowest BCUT2D eigenvalue weighted by molar-refractivity contribution is 0.673. The molecule has 0 fully saturated rings. The van der Waals surface area contributed by atoms with Crippen LogP contribution in [0.5, 0.6) is 0 Å². The van der Waals surface area contributed by atoms with Crippen molar-refractivity contribution in [3.8, 4) is 17.1 Å². The number of hydrogen-bond donors (Lipinski definition) is 0. The maximum Gasteiger partial charge on any atom is 0.149 e. The summed E-state index contributed by atoms with van der Waals surface area (Å²) in [7, 11) is 0. The smallest absolute Gasteiger partial charge is 0.149 e. The highest BCUT2D eigenvalue weighted by molar-refractivity contribution is 6.24. The molecule has 192 valence electrons. The molecule has 0 bridgehead atoms. The van der Waals surface area contributed by atoms with Crippen LogP contribution in [0, 0.1) is 6.92 Å². The first-order valence-corrected chi connectivity index (χ1v) is 13.9. The number of nitrogens with zero attached hydrogens (tertiary/aromatic N) is 3. The molecule has 9 aromatic rings. The van der Waals surface area contributed by atoms with Crippen LogP contribution in [-0.4, -0.2) is 14.5 Å². The fraction of sp³-hybridized carbons (Fsp3) is 0.0270. The zero-order valence-electron chi connectivity index (χ0n) is 22.3. The van der Waals surface area contributed by atoms with Crippen LogP contribution in [0.2, 0.25) is 0 Å². The summed E-state index contributed by atoms with van der Waals surface area (Å²) in [4.78, 5) is 10.3. The predicted molar refractivity (Wildman–Crippen MR) is 169 cm³/mol. The maximum absolute atomic E-state index is 6.90. The Morgan fingerprint density at radius 2 is 1.27 bits per heavy atom. The van der Waals surface area contributed by atoms with E-state index in [4.69, 9.17) is 14.4 Å². The van der Waals surface area contributed by atoms with Gasteiger partial charge in [0.1, 0.15) is 22.5 Å². The van der Waals surface area contributed by atoms with E-state index in [0.717, 1.165) is 72.0 Å². The van der Waals surface area contributed by atoms with Crippen LogP contribution in [0.15, 0.2) is 126 Å². The Balaban J connectivity index is 1.44. The van der Waals surface area contributed by atoms with Crippen molar-refractivity contribution >= 4 is 65.4 Å². The number of aromatic nitrogens is 3.